The lowest BCUT2D eigenvalue weighted by Gasteiger charge is -2.19. The maximum Gasteiger partial charge on any atom is 0.416 e. The number of nitrogens with one attached hydrogen (secondary N) is 1. The van der Waals surface area contributed by atoms with Crippen molar-refractivity contribution in [2.24, 2.45) is 0 Å². The quantitative estimate of drug-likeness (QED) is 0.399. The molecule has 2 aromatic heterocycles. The predicted molar refractivity (Wildman–Crippen MR) is 121 cm³/mol. The van der Waals surface area contributed by atoms with E-state index in [0.29, 0.717) is 11.5 Å². The maximum atomic E-state index is 12.9. The minimum Gasteiger partial charge on any atom is -0.383 e. The van der Waals surface area contributed by atoms with Crippen molar-refractivity contribution in [2.45, 2.75) is 13.1 Å². The Balaban J connectivity index is 1.56. The number of fused-ring (bicyclic) bond motifs is 1. The van der Waals surface area contributed by atoms with Gasteiger partial charge in [-0.05, 0) is 42.8 Å². The third-order valence-corrected chi connectivity index (χ3v) is 6.00. The number of amides is 2. The zero-order valence-corrected chi connectivity index (χ0v) is 17.9. The average molecular weight is 457 g/mol. The molecule has 0 aliphatic rings. The van der Waals surface area contributed by atoms with Crippen molar-refractivity contribution in [2.75, 3.05) is 23.0 Å². The SMILES string of the molecule is Cc1sc2ncnc(N)c2c1-c1ccc(N(C)C(=O)Nc2cccc(C(F)(F)F)c2)cc1. The number of alkyl halides is 3. The summed E-state index contributed by atoms with van der Waals surface area (Å²) in [4.78, 5) is 24.1. The fourth-order valence-corrected chi connectivity index (χ4v) is 4.38. The van der Waals surface area contributed by atoms with Gasteiger partial charge in [0, 0.05) is 28.9 Å². The van der Waals surface area contributed by atoms with Crippen LogP contribution in [0.5, 0.6) is 0 Å². The number of halogens is 3. The van der Waals surface area contributed by atoms with E-state index in [-0.39, 0.29) is 5.69 Å². The minimum atomic E-state index is -4.49. The van der Waals surface area contributed by atoms with Crippen molar-refractivity contribution < 1.29 is 18.0 Å². The van der Waals surface area contributed by atoms with Gasteiger partial charge in [0.15, 0.2) is 0 Å². The van der Waals surface area contributed by atoms with Crippen LogP contribution in [0.1, 0.15) is 10.4 Å². The van der Waals surface area contributed by atoms with Gasteiger partial charge in [-0.1, -0.05) is 18.2 Å². The Morgan fingerprint density at radius 1 is 1.12 bits per heavy atom. The number of benzene rings is 2. The number of anilines is 3. The van der Waals surface area contributed by atoms with E-state index in [1.54, 1.807) is 12.1 Å². The smallest absolute Gasteiger partial charge is 0.383 e. The molecule has 4 rings (SSSR count). The van der Waals surface area contributed by atoms with Gasteiger partial charge in [-0.3, -0.25) is 4.90 Å². The van der Waals surface area contributed by atoms with Crippen LogP contribution >= 0.6 is 11.3 Å². The molecule has 0 unspecified atom stereocenters. The molecule has 0 saturated heterocycles. The largest absolute Gasteiger partial charge is 0.416 e. The minimum absolute atomic E-state index is 0.0594. The second-order valence-corrected chi connectivity index (χ2v) is 8.29. The number of urea groups is 1. The molecule has 0 atom stereocenters. The highest BCUT2D eigenvalue weighted by Crippen LogP contribution is 2.39. The van der Waals surface area contributed by atoms with Crippen LogP contribution < -0.4 is 16.0 Å². The molecule has 6 nitrogen and oxygen atoms in total. The van der Waals surface area contributed by atoms with E-state index in [2.05, 4.69) is 15.3 Å². The second kappa shape index (κ2) is 8.12. The standard InChI is InChI=1S/C22H18F3N5OS/c1-12-17(18-19(26)27-11-28-20(18)32-12)13-6-8-16(9-7-13)30(2)21(31)29-15-5-3-4-14(10-15)22(23,24)25/h3-11H,1-2H3,(H,29,31)(H2,26,27,28). The molecule has 0 aliphatic carbocycles. The molecule has 0 spiro atoms. The Bertz CT molecular complexity index is 1300. The number of hydrogen-bond acceptors (Lipinski definition) is 5. The van der Waals surface area contributed by atoms with Crippen molar-refractivity contribution in [1.82, 2.24) is 9.97 Å². The molecule has 10 heteroatoms. The third kappa shape index (κ3) is 4.09. The number of nitrogens with two attached hydrogens (primary N) is 1. The first-order valence-electron chi connectivity index (χ1n) is 9.47. The molecule has 32 heavy (non-hydrogen) atoms. The van der Waals surface area contributed by atoms with Gasteiger partial charge in [0.1, 0.15) is 17.0 Å². The number of thiophene rings is 1. The molecular formula is C22H18F3N5OS. The summed E-state index contributed by atoms with van der Waals surface area (Å²) in [6, 6.07) is 11.1. The fraction of sp³-hybridized carbons (Fsp3) is 0.136. The Morgan fingerprint density at radius 3 is 2.53 bits per heavy atom. The topological polar surface area (TPSA) is 84.1 Å². The molecular weight excluding hydrogens is 439 g/mol. The lowest BCUT2D eigenvalue weighted by atomic mass is 10.0. The Morgan fingerprint density at radius 2 is 1.84 bits per heavy atom. The molecule has 2 heterocycles. The second-order valence-electron chi connectivity index (χ2n) is 7.09. The van der Waals surface area contributed by atoms with E-state index >= 15 is 0 Å². The lowest BCUT2D eigenvalue weighted by Crippen LogP contribution is -2.31. The van der Waals surface area contributed by atoms with Gasteiger partial charge >= 0.3 is 12.2 Å². The van der Waals surface area contributed by atoms with E-state index in [0.717, 1.165) is 38.4 Å². The maximum absolute atomic E-state index is 12.9. The number of hydrogen-bond donors (Lipinski definition) is 2. The van der Waals surface area contributed by atoms with Crippen molar-refractivity contribution in [1.29, 1.82) is 0 Å². The summed E-state index contributed by atoms with van der Waals surface area (Å²) in [7, 11) is 1.54. The van der Waals surface area contributed by atoms with Crippen molar-refractivity contribution >= 4 is 44.8 Å². The van der Waals surface area contributed by atoms with Crippen molar-refractivity contribution in [3.63, 3.8) is 0 Å². The first-order chi connectivity index (χ1) is 15.1. The van der Waals surface area contributed by atoms with Crippen molar-refractivity contribution in [3.8, 4) is 11.1 Å². The Labute approximate surface area is 185 Å². The molecule has 4 aromatic rings. The number of aromatic nitrogens is 2. The van der Waals surface area contributed by atoms with E-state index in [1.807, 2.05) is 19.1 Å². The van der Waals surface area contributed by atoms with Crippen LogP contribution in [0.2, 0.25) is 0 Å². The van der Waals surface area contributed by atoms with Crippen LogP contribution in [-0.4, -0.2) is 23.0 Å². The Hall–Kier alpha value is -3.66. The van der Waals surface area contributed by atoms with Gasteiger partial charge in [-0.25, -0.2) is 14.8 Å². The van der Waals surface area contributed by atoms with E-state index in [4.69, 9.17) is 5.73 Å². The third-order valence-electron chi connectivity index (χ3n) is 4.98. The van der Waals surface area contributed by atoms with Gasteiger partial charge in [0.2, 0.25) is 0 Å². The number of rotatable bonds is 3. The van der Waals surface area contributed by atoms with Crippen LogP contribution in [0.4, 0.5) is 35.2 Å². The van der Waals surface area contributed by atoms with Gasteiger partial charge in [-0.15, -0.1) is 11.3 Å². The first-order valence-corrected chi connectivity index (χ1v) is 10.3. The summed E-state index contributed by atoms with van der Waals surface area (Å²) in [5.74, 6) is 0.399. The molecule has 0 radical (unpaired) electrons. The summed E-state index contributed by atoms with van der Waals surface area (Å²) in [5.41, 5.74) is 7.69. The predicted octanol–water partition coefficient (Wildman–Crippen LogP) is 5.94. The van der Waals surface area contributed by atoms with Crippen LogP contribution in [0, 0.1) is 6.92 Å². The van der Waals surface area contributed by atoms with Crippen LogP contribution in [0.3, 0.4) is 0 Å². The highest BCUT2D eigenvalue weighted by atomic mass is 32.1. The summed E-state index contributed by atoms with van der Waals surface area (Å²) in [5, 5.41) is 3.28. The fourth-order valence-electron chi connectivity index (χ4n) is 3.36. The zero-order valence-electron chi connectivity index (χ0n) is 17.1. The molecule has 0 aliphatic heterocycles. The van der Waals surface area contributed by atoms with E-state index in [1.165, 1.54) is 41.7 Å². The van der Waals surface area contributed by atoms with Crippen LogP contribution in [-0.2, 0) is 6.18 Å². The summed E-state index contributed by atoms with van der Waals surface area (Å²) < 4.78 is 38.7. The molecule has 0 fully saturated rings. The molecule has 0 saturated carbocycles. The lowest BCUT2D eigenvalue weighted by molar-refractivity contribution is -0.137. The Kier molecular flexibility index (Phi) is 5.47. The summed E-state index contributed by atoms with van der Waals surface area (Å²) >= 11 is 1.52. The molecule has 164 valence electrons. The van der Waals surface area contributed by atoms with Gasteiger partial charge in [0.25, 0.3) is 0 Å². The van der Waals surface area contributed by atoms with Gasteiger partial charge in [-0.2, -0.15) is 13.2 Å². The zero-order chi connectivity index (χ0) is 23.0. The van der Waals surface area contributed by atoms with Crippen molar-refractivity contribution in [3.05, 3.63) is 65.3 Å². The van der Waals surface area contributed by atoms with E-state index < -0.39 is 17.8 Å². The summed E-state index contributed by atoms with van der Waals surface area (Å²) in [6.45, 7) is 1.98. The number of carbonyl (C=O) groups is 1. The monoisotopic (exact) mass is 457 g/mol. The highest BCUT2D eigenvalue weighted by molar-refractivity contribution is 7.19. The molecule has 0 bridgehead atoms. The molecule has 2 amide bonds. The summed E-state index contributed by atoms with van der Waals surface area (Å²) in [6.07, 6.45) is -3.06. The van der Waals surface area contributed by atoms with Crippen LogP contribution in [0.25, 0.3) is 21.3 Å². The number of aryl methyl sites for hydroxylation is 1. The number of nitrogen functional groups attached to an aromatic ring is 1. The average Bonchev–Trinajstić information content (AvgIpc) is 3.10. The number of carbonyl (C=O) groups excluding carboxylic acids is 1. The van der Waals surface area contributed by atoms with Gasteiger partial charge in [0.05, 0.1) is 10.9 Å². The van der Waals surface area contributed by atoms with Gasteiger partial charge < -0.3 is 11.1 Å². The first kappa shape index (κ1) is 21.6. The normalized spacial score (nSPS) is 11.5. The molecule has 3 N–H and O–H groups in total. The van der Waals surface area contributed by atoms with E-state index in [9.17, 15) is 18.0 Å². The van der Waals surface area contributed by atoms with Crippen LogP contribution in [0.15, 0.2) is 54.9 Å². The highest BCUT2D eigenvalue weighted by Gasteiger charge is 2.30. The molecule has 2 aromatic carbocycles. The number of nitrogens with zero attached hydrogens (tertiary/aromatic N) is 3.